The van der Waals surface area contributed by atoms with E-state index in [1.807, 2.05) is 29.2 Å². The zero-order valence-electron chi connectivity index (χ0n) is 43.1. The number of anilines is 4. The van der Waals surface area contributed by atoms with E-state index in [0.717, 1.165) is 75.5 Å². The molecule has 0 unspecified atom stereocenters. The number of sulfonamides is 1. The fourth-order valence-electron chi connectivity index (χ4n) is 13.4. The number of fused-ring (bicyclic) bond motifs is 4. The summed E-state index contributed by atoms with van der Waals surface area (Å²) in [4.78, 5) is 60.3. The zero-order chi connectivity index (χ0) is 53.4. The highest BCUT2D eigenvalue weighted by atomic mass is 32.2. The molecule has 410 valence electrons. The van der Waals surface area contributed by atoms with E-state index in [9.17, 15) is 37.7 Å². The molecule has 21 nitrogen and oxygen atoms in total. The first-order chi connectivity index (χ1) is 36.9. The van der Waals surface area contributed by atoms with Crippen molar-refractivity contribution in [2.45, 2.75) is 119 Å². The van der Waals surface area contributed by atoms with Crippen molar-refractivity contribution >= 4 is 63.2 Å². The molecule has 0 bridgehead atoms. The number of H-pyrrole nitrogens is 1. The third kappa shape index (κ3) is 10.2. The van der Waals surface area contributed by atoms with Crippen LogP contribution in [-0.4, -0.2) is 126 Å². The molecule has 7 heterocycles. The first-order valence-electron chi connectivity index (χ1n) is 26.8. The minimum atomic E-state index is -4.78. The Labute approximate surface area is 446 Å². The normalized spacial score (nSPS) is 26.7. The molecule has 2 aliphatic carbocycles. The number of piperidine rings is 1. The van der Waals surface area contributed by atoms with E-state index in [1.54, 1.807) is 19.2 Å². The maximum absolute atomic E-state index is 14.9. The molecule has 23 heteroatoms. The average Bonchev–Trinajstić information content (AvgIpc) is 3.76. The Bertz CT molecular complexity index is 3260. The highest BCUT2D eigenvalue weighted by Crippen LogP contribution is 2.54. The number of benzene rings is 3. The second kappa shape index (κ2) is 20.1. The predicted molar refractivity (Wildman–Crippen MR) is 285 cm³/mol. The SMILES string of the molecule is Cc1ccccc1[C@@H]1COCCCN1C1CC2(CCN(c3ccc(C(=O)NS(=O)(=O)c4cc5c(c([N+](=O)[O-])c4)N[C@H](C4CCC(C)(OP(=O)(O)O)CC4)CO5)c(N4c5cc6cc[nH]c6nc5O[C@H]5COCC[C@@H]54)c3)CC2)C1. The summed E-state index contributed by atoms with van der Waals surface area (Å²) in [6, 6.07) is 20.0. The van der Waals surface area contributed by atoms with Crippen LogP contribution in [0.5, 0.6) is 11.6 Å². The molecule has 5 aliphatic heterocycles. The van der Waals surface area contributed by atoms with Crippen molar-refractivity contribution in [1.29, 1.82) is 0 Å². The van der Waals surface area contributed by atoms with Crippen molar-refractivity contribution in [3.63, 3.8) is 0 Å². The second-order valence-electron chi connectivity index (χ2n) is 22.4. The second-order valence-corrected chi connectivity index (χ2v) is 25.3. The summed E-state index contributed by atoms with van der Waals surface area (Å²) in [6.45, 7) is 8.63. The van der Waals surface area contributed by atoms with Crippen LogP contribution in [0.4, 0.5) is 28.4 Å². The minimum Gasteiger partial charge on any atom is -0.489 e. The number of nitrogens with zero attached hydrogens (tertiary/aromatic N) is 5. The molecule has 1 amide bonds. The maximum Gasteiger partial charge on any atom is 0.470 e. The molecule has 5 fully saturated rings. The van der Waals surface area contributed by atoms with Crippen LogP contribution in [0.2, 0.25) is 0 Å². The molecule has 1 spiro atoms. The molecule has 2 saturated carbocycles. The van der Waals surface area contributed by atoms with Crippen LogP contribution in [0.15, 0.2) is 77.8 Å². The standard InChI is InChI=1S/C54H65N8O13PS/c1-33-6-3-4-7-39(33)46-31-71-22-5-19-60(46)37-28-54(29-37)16-20-59(21-17-54)36-8-9-40(43(25-36)61-42-13-23-72-32-48(42)74-52-45(61)24-35-12-18-55-50(35)57-52)51(63)58-77(69,70)38-26-44(62(64)65)49-47(27-38)73-30-41(56-49)34-10-14-53(2,15-11-34)75-76(66,67)68/h3-4,6-9,12,18,24-27,34,37,41-42,46,48,56H,5,10-11,13-17,19-23,28-32H2,1-2H3,(H,55,57)(H,58,63)(H2,66,67,68)/t34?,41-,42-,46-,48-,53?/m0/s1. The zero-order valence-corrected chi connectivity index (χ0v) is 44.8. The fraction of sp³-hybridized carbons (Fsp3) is 0.519. The number of hydrogen-bond donors (Lipinski definition) is 5. The van der Waals surface area contributed by atoms with Gasteiger partial charge in [0, 0.05) is 68.3 Å². The van der Waals surface area contributed by atoms with Crippen molar-refractivity contribution in [1.82, 2.24) is 19.6 Å². The number of ether oxygens (including phenoxy) is 4. The Morgan fingerprint density at radius 1 is 0.948 bits per heavy atom. The van der Waals surface area contributed by atoms with Gasteiger partial charge in [0.1, 0.15) is 24.0 Å². The average molecular weight is 1100 g/mol. The van der Waals surface area contributed by atoms with Gasteiger partial charge in [-0.25, -0.2) is 17.7 Å². The number of carbonyl (C=O) groups excluding carboxylic acids is 1. The number of aromatic nitrogens is 2. The molecule has 0 radical (unpaired) electrons. The van der Waals surface area contributed by atoms with Crippen LogP contribution in [0.1, 0.15) is 98.7 Å². The monoisotopic (exact) mass is 1100 g/mol. The van der Waals surface area contributed by atoms with E-state index in [1.165, 1.54) is 17.2 Å². The summed E-state index contributed by atoms with van der Waals surface area (Å²) in [7, 11) is -9.50. The highest BCUT2D eigenvalue weighted by Gasteiger charge is 2.50. The van der Waals surface area contributed by atoms with E-state index in [0.29, 0.717) is 74.3 Å². The molecule has 12 rings (SSSR count). The van der Waals surface area contributed by atoms with Crippen molar-refractivity contribution in [3.05, 3.63) is 99.7 Å². The Kier molecular flexibility index (Phi) is 13.6. The van der Waals surface area contributed by atoms with Gasteiger partial charge in [0.25, 0.3) is 21.6 Å². The molecule has 3 saturated heterocycles. The Morgan fingerprint density at radius 2 is 1.73 bits per heavy atom. The lowest BCUT2D eigenvalue weighted by atomic mass is 9.59. The van der Waals surface area contributed by atoms with Gasteiger partial charge in [-0.05, 0) is 131 Å². The quantitative estimate of drug-likeness (QED) is 0.0476. The Balaban J connectivity index is 0.818. The lowest BCUT2D eigenvalue weighted by Crippen LogP contribution is -2.56. The Hall–Kier alpha value is -5.84. The van der Waals surface area contributed by atoms with Gasteiger partial charge in [-0.2, -0.15) is 4.98 Å². The number of aromatic amines is 1. The number of rotatable bonds is 11. The summed E-state index contributed by atoms with van der Waals surface area (Å²) < 4.78 is 72.5. The van der Waals surface area contributed by atoms with Crippen LogP contribution in [-0.2, 0) is 28.6 Å². The van der Waals surface area contributed by atoms with Gasteiger partial charge < -0.3 is 48.8 Å². The number of pyridine rings is 1. The number of amides is 1. The molecule has 7 aliphatic rings. The van der Waals surface area contributed by atoms with E-state index in [-0.39, 0.29) is 53.6 Å². The number of phosphoric acid groups is 1. The van der Waals surface area contributed by atoms with Crippen LogP contribution in [0.25, 0.3) is 11.0 Å². The largest absolute Gasteiger partial charge is 0.489 e. The first kappa shape index (κ1) is 51.9. The van der Waals surface area contributed by atoms with Gasteiger partial charge in [-0.1, -0.05) is 24.3 Å². The van der Waals surface area contributed by atoms with Gasteiger partial charge in [0.2, 0.25) is 5.88 Å². The third-order valence-corrected chi connectivity index (χ3v) is 19.5. The van der Waals surface area contributed by atoms with Gasteiger partial charge in [-0.15, -0.1) is 0 Å². The summed E-state index contributed by atoms with van der Waals surface area (Å²) in [5.41, 5.74) is 3.87. The predicted octanol–water partition coefficient (Wildman–Crippen LogP) is 8.03. The van der Waals surface area contributed by atoms with Crippen LogP contribution in [0, 0.1) is 28.4 Å². The molecule has 3 aromatic carbocycles. The summed E-state index contributed by atoms with van der Waals surface area (Å²) in [6.07, 6.45) is 8.78. The minimum absolute atomic E-state index is 0.00335. The van der Waals surface area contributed by atoms with E-state index >= 15 is 0 Å². The molecular formula is C54H65N8O13PS. The number of nitro benzene ring substituents is 1. The number of carbonyl (C=O) groups is 1. The van der Waals surface area contributed by atoms with Crippen LogP contribution in [0.3, 0.4) is 0 Å². The Morgan fingerprint density at radius 3 is 2.49 bits per heavy atom. The maximum atomic E-state index is 14.9. The number of phosphoric ester groups is 1. The van der Waals surface area contributed by atoms with Crippen molar-refractivity contribution < 1.29 is 56.0 Å². The van der Waals surface area contributed by atoms with E-state index in [2.05, 4.69) is 56.0 Å². The third-order valence-electron chi connectivity index (χ3n) is 17.5. The number of hydrogen-bond acceptors (Lipinski definition) is 16. The molecule has 5 N–H and O–H groups in total. The lowest BCUT2D eigenvalue weighted by molar-refractivity contribution is -0.384. The molecule has 2 aromatic heterocycles. The topological polar surface area (TPSA) is 260 Å². The van der Waals surface area contributed by atoms with Crippen molar-refractivity contribution in [3.8, 4) is 11.6 Å². The van der Waals surface area contributed by atoms with E-state index < -0.39 is 57.0 Å². The lowest BCUT2D eigenvalue weighted by Gasteiger charge is -2.56. The van der Waals surface area contributed by atoms with E-state index in [4.69, 9.17) is 28.5 Å². The molecule has 77 heavy (non-hydrogen) atoms. The van der Waals surface area contributed by atoms with Gasteiger partial charge in [0.15, 0.2) is 11.4 Å². The van der Waals surface area contributed by atoms with Crippen molar-refractivity contribution in [2.24, 2.45) is 11.3 Å². The highest BCUT2D eigenvalue weighted by molar-refractivity contribution is 7.90. The number of nitrogens with one attached hydrogen (secondary N) is 3. The van der Waals surface area contributed by atoms with Crippen LogP contribution >= 0.6 is 7.82 Å². The van der Waals surface area contributed by atoms with Crippen molar-refractivity contribution in [2.75, 3.05) is 67.8 Å². The van der Waals surface area contributed by atoms with Crippen LogP contribution < -0.4 is 29.3 Å². The smallest absolute Gasteiger partial charge is 0.470 e. The van der Waals surface area contributed by atoms with Gasteiger partial charge in [0.05, 0.1) is 58.0 Å². The van der Waals surface area contributed by atoms with Gasteiger partial charge >= 0.3 is 7.82 Å². The molecule has 4 atom stereocenters. The summed E-state index contributed by atoms with van der Waals surface area (Å²) >= 11 is 0. The first-order valence-corrected chi connectivity index (χ1v) is 29.8. The fourth-order valence-corrected chi connectivity index (χ4v) is 15.2. The molecular weight excluding hydrogens is 1030 g/mol. The number of nitro groups is 1. The van der Waals surface area contributed by atoms with Gasteiger partial charge in [-0.3, -0.25) is 24.3 Å². The summed E-state index contributed by atoms with van der Waals surface area (Å²) in [5, 5.41) is 16.7. The molecule has 5 aromatic rings. The number of aryl methyl sites for hydroxylation is 1. The summed E-state index contributed by atoms with van der Waals surface area (Å²) in [5.74, 6) is -0.762.